The quantitative estimate of drug-likeness (QED) is 0.854. The van der Waals surface area contributed by atoms with E-state index in [1.165, 1.54) is 31.4 Å². The normalized spacial score (nSPS) is 24.5. The number of methoxy groups -OCH3 is 1. The molecule has 0 amide bonds. The molecule has 0 aromatic heterocycles. The molecule has 1 aliphatic heterocycles. The second-order valence-corrected chi connectivity index (χ2v) is 5.75. The number of rotatable bonds is 3. The van der Waals surface area contributed by atoms with Crippen LogP contribution in [0.4, 0.5) is 0 Å². The molecule has 1 aliphatic carbocycles. The summed E-state index contributed by atoms with van der Waals surface area (Å²) in [6.45, 7) is 2.06. The van der Waals surface area contributed by atoms with Gasteiger partial charge in [-0.1, -0.05) is 11.8 Å². The van der Waals surface area contributed by atoms with E-state index in [4.69, 9.17) is 9.84 Å². The number of hydrogen-bond donors (Lipinski definition) is 1. The number of fused-ring (bicyclic) bond motifs is 2. The van der Waals surface area contributed by atoms with Gasteiger partial charge < -0.3 is 9.84 Å². The van der Waals surface area contributed by atoms with E-state index in [2.05, 4.69) is 22.8 Å². The predicted molar refractivity (Wildman–Crippen MR) is 78.5 cm³/mol. The summed E-state index contributed by atoms with van der Waals surface area (Å²) in [7, 11) is 1.69. The lowest BCUT2D eigenvalue weighted by Gasteiger charge is -2.27. The Hall–Kier alpha value is -1.50. The zero-order valence-corrected chi connectivity index (χ0v) is 11.9. The van der Waals surface area contributed by atoms with E-state index in [0.29, 0.717) is 0 Å². The molecule has 2 bridgehead atoms. The molecule has 20 heavy (non-hydrogen) atoms. The molecule has 2 aliphatic rings. The van der Waals surface area contributed by atoms with Gasteiger partial charge in [0.05, 0.1) is 7.11 Å². The summed E-state index contributed by atoms with van der Waals surface area (Å²) < 4.78 is 5.32. The average molecular weight is 271 g/mol. The molecular weight excluding hydrogens is 250 g/mol. The minimum atomic E-state index is -0.0973. The molecule has 3 nitrogen and oxygen atoms in total. The summed E-state index contributed by atoms with van der Waals surface area (Å²) in [5, 5.41) is 8.88. The number of piperidine rings is 1. The first kappa shape index (κ1) is 13.5. The predicted octanol–water partition coefficient (Wildman–Crippen LogP) is 2.02. The summed E-state index contributed by atoms with van der Waals surface area (Å²) in [5.41, 5.74) is 2.21. The Morgan fingerprint density at radius 2 is 2.30 bits per heavy atom. The van der Waals surface area contributed by atoms with Gasteiger partial charge in [-0.25, -0.2) is 0 Å². The first-order valence-electron chi connectivity index (χ1n) is 7.31. The van der Waals surface area contributed by atoms with Gasteiger partial charge in [0.25, 0.3) is 0 Å². The smallest absolute Gasteiger partial charge is 0.119 e. The molecule has 1 aromatic carbocycles. The minimum Gasteiger partial charge on any atom is -0.497 e. The van der Waals surface area contributed by atoms with Crippen molar-refractivity contribution in [1.29, 1.82) is 0 Å². The van der Waals surface area contributed by atoms with Crippen molar-refractivity contribution in [1.82, 2.24) is 4.90 Å². The van der Waals surface area contributed by atoms with Crippen LogP contribution in [0.3, 0.4) is 0 Å². The first-order valence-corrected chi connectivity index (χ1v) is 7.31. The second kappa shape index (κ2) is 5.87. The van der Waals surface area contributed by atoms with Gasteiger partial charge in [-0.05, 0) is 48.9 Å². The maximum atomic E-state index is 8.88. The van der Waals surface area contributed by atoms with Crippen molar-refractivity contribution in [3.8, 4) is 17.6 Å². The maximum absolute atomic E-state index is 8.88. The number of aliphatic hydroxyl groups excluding tert-OH is 1. The van der Waals surface area contributed by atoms with Gasteiger partial charge >= 0.3 is 0 Å². The molecule has 3 rings (SSSR count). The molecule has 2 fully saturated rings. The van der Waals surface area contributed by atoms with Crippen LogP contribution < -0.4 is 4.74 Å². The third-order valence-corrected chi connectivity index (χ3v) is 4.51. The van der Waals surface area contributed by atoms with Crippen molar-refractivity contribution < 1.29 is 9.84 Å². The number of likely N-dealkylation sites (tertiary alicyclic amines) is 1. The van der Waals surface area contributed by atoms with Crippen molar-refractivity contribution in [2.75, 3.05) is 20.3 Å². The van der Waals surface area contributed by atoms with Crippen LogP contribution in [0.15, 0.2) is 18.2 Å². The Balaban J connectivity index is 1.82. The molecule has 1 N–H and O–H groups in total. The van der Waals surface area contributed by atoms with E-state index in [9.17, 15) is 0 Å². The third kappa shape index (κ3) is 2.67. The monoisotopic (exact) mass is 271 g/mol. The lowest BCUT2D eigenvalue weighted by molar-refractivity contribution is 0.205. The molecule has 1 heterocycles. The van der Waals surface area contributed by atoms with Gasteiger partial charge in [-0.3, -0.25) is 4.90 Å². The van der Waals surface area contributed by atoms with Crippen LogP contribution in [0.25, 0.3) is 0 Å². The van der Waals surface area contributed by atoms with E-state index < -0.39 is 0 Å². The Labute approximate surface area is 120 Å². The number of benzene rings is 1. The summed E-state index contributed by atoms with van der Waals surface area (Å²) >= 11 is 0. The lowest BCUT2D eigenvalue weighted by Crippen LogP contribution is -2.31. The molecular formula is C17H21NO2. The van der Waals surface area contributed by atoms with Crippen LogP contribution in [-0.4, -0.2) is 36.3 Å². The van der Waals surface area contributed by atoms with E-state index in [1.54, 1.807) is 7.11 Å². The largest absolute Gasteiger partial charge is 0.497 e. The van der Waals surface area contributed by atoms with Gasteiger partial charge in [0.2, 0.25) is 0 Å². The van der Waals surface area contributed by atoms with Crippen LogP contribution in [-0.2, 0) is 6.54 Å². The van der Waals surface area contributed by atoms with E-state index in [-0.39, 0.29) is 6.61 Å². The van der Waals surface area contributed by atoms with Crippen LogP contribution in [0.1, 0.15) is 30.4 Å². The fourth-order valence-corrected chi connectivity index (χ4v) is 3.52. The number of aliphatic hydroxyl groups is 1. The van der Waals surface area contributed by atoms with Crippen LogP contribution in [0.5, 0.6) is 5.75 Å². The SMILES string of the molecule is COc1ccc(C#CCO)c(CN2CC3CCC2C3)c1. The molecule has 1 aromatic rings. The topological polar surface area (TPSA) is 32.7 Å². The standard InChI is InChI=1S/C17H21NO2/c1-20-17-7-5-14(3-2-8-19)15(10-17)12-18-11-13-4-6-16(18)9-13/h5,7,10,13,16,19H,4,6,8-9,11-12H2,1H3. The Morgan fingerprint density at radius 3 is 2.95 bits per heavy atom. The van der Waals surface area contributed by atoms with E-state index >= 15 is 0 Å². The van der Waals surface area contributed by atoms with Crippen molar-refractivity contribution >= 4 is 0 Å². The molecule has 0 spiro atoms. The van der Waals surface area contributed by atoms with E-state index in [1.807, 2.05) is 12.1 Å². The van der Waals surface area contributed by atoms with Crippen LogP contribution in [0, 0.1) is 17.8 Å². The molecule has 3 heteroatoms. The first-order chi connectivity index (χ1) is 9.80. The number of ether oxygens (including phenoxy) is 1. The zero-order valence-electron chi connectivity index (χ0n) is 11.9. The van der Waals surface area contributed by atoms with Crippen molar-refractivity contribution in [3.05, 3.63) is 29.3 Å². The van der Waals surface area contributed by atoms with Crippen LogP contribution >= 0.6 is 0 Å². The maximum Gasteiger partial charge on any atom is 0.119 e. The van der Waals surface area contributed by atoms with Gasteiger partial charge in [0.15, 0.2) is 0 Å². The molecule has 2 atom stereocenters. The van der Waals surface area contributed by atoms with Crippen molar-refractivity contribution in [2.45, 2.75) is 31.8 Å². The minimum absolute atomic E-state index is 0.0973. The highest BCUT2D eigenvalue weighted by Gasteiger charge is 2.37. The summed E-state index contributed by atoms with van der Waals surface area (Å²) in [5.74, 6) is 7.57. The summed E-state index contributed by atoms with van der Waals surface area (Å²) in [6, 6.07) is 6.75. The second-order valence-electron chi connectivity index (χ2n) is 5.75. The van der Waals surface area contributed by atoms with E-state index in [0.717, 1.165) is 29.8 Å². The highest BCUT2D eigenvalue weighted by atomic mass is 16.5. The summed E-state index contributed by atoms with van der Waals surface area (Å²) in [6.07, 6.45) is 4.10. The van der Waals surface area contributed by atoms with Crippen molar-refractivity contribution in [3.63, 3.8) is 0 Å². The fraction of sp³-hybridized carbons (Fsp3) is 0.529. The van der Waals surface area contributed by atoms with Gasteiger partial charge in [-0.15, -0.1) is 0 Å². The third-order valence-electron chi connectivity index (χ3n) is 4.51. The molecule has 106 valence electrons. The highest BCUT2D eigenvalue weighted by Crippen LogP contribution is 2.38. The Morgan fingerprint density at radius 1 is 1.40 bits per heavy atom. The van der Waals surface area contributed by atoms with Crippen molar-refractivity contribution in [2.24, 2.45) is 5.92 Å². The number of nitrogens with zero attached hydrogens (tertiary/aromatic N) is 1. The molecule has 0 radical (unpaired) electrons. The van der Waals surface area contributed by atoms with Gasteiger partial charge in [-0.2, -0.15) is 0 Å². The molecule has 1 saturated heterocycles. The lowest BCUT2D eigenvalue weighted by atomic mass is 10.0. The van der Waals surface area contributed by atoms with Gasteiger partial charge in [0.1, 0.15) is 12.4 Å². The van der Waals surface area contributed by atoms with Gasteiger partial charge in [0, 0.05) is 24.7 Å². The van der Waals surface area contributed by atoms with Crippen LogP contribution in [0.2, 0.25) is 0 Å². The zero-order chi connectivity index (χ0) is 13.9. The molecule has 2 unspecified atom stereocenters. The summed E-state index contributed by atoms with van der Waals surface area (Å²) in [4.78, 5) is 2.58. The fourth-order valence-electron chi connectivity index (χ4n) is 3.52. The highest BCUT2D eigenvalue weighted by molar-refractivity contribution is 5.45. The number of hydrogen-bond acceptors (Lipinski definition) is 3. The Kier molecular flexibility index (Phi) is 3.95. The average Bonchev–Trinajstić information content (AvgIpc) is 3.08. The Bertz CT molecular complexity index is 544. The molecule has 1 saturated carbocycles.